The molecule has 0 aromatic heterocycles. The first-order valence-corrected chi connectivity index (χ1v) is 7.23. The van der Waals surface area contributed by atoms with Gasteiger partial charge in [-0.15, -0.1) is 0 Å². The number of hydrogen-bond donors (Lipinski definition) is 1. The maximum atomic E-state index is 5.75. The first-order chi connectivity index (χ1) is 10.3. The summed E-state index contributed by atoms with van der Waals surface area (Å²) < 4.78 is 0. The van der Waals surface area contributed by atoms with E-state index in [0.717, 1.165) is 0 Å². The molecule has 0 fully saturated rings. The van der Waals surface area contributed by atoms with Crippen LogP contribution in [-0.4, -0.2) is 0 Å². The Morgan fingerprint density at radius 2 is 1.33 bits per heavy atom. The van der Waals surface area contributed by atoms with E-state index < -0.39 is 0 Å². The van der Waals surface area contributed by atoms with Crippen LogP contribution >= 0.6 is 0 Å². The SMILES string of the molecule is Cc1ccc(CN)cc1-c1ccc(-c2ccccc2)cc1. The summed E-state index contributed by atoms with van der Waals surface area (Å²) in [4.78, 5) is 0. The lowest BCUT2D eigenvalue weighted by Crippen LogP contribution is -1.97. The molecule has 21 heavy (non-hydrogen) atoms. The van der Waals surface area contributed by atoms with Crippen LogP contribution in [0.1, 0.15) is 11.1 Å². The molecule has 3 aromatic rings. The molecule has 1 heteroatoms. The third-order valence-corrected chi connectivity index (χ3v) is 3.84. The Morgan fingerprint density at radius 1 is 0.714 bits per heavy atom. The van der Waals surface area contributed by atoms with Crippen molar-refractivity contribution in [2.75, 3.05) is 0 Å². The second-order valence-corrected chi connectivity index (χ2v) is 5.30. The molecule has 2 N–H and O–H groups in total. The zero-order chi connectivity index (χ0) is 14.7. The van der Waals surface area contributed by atoms with Gasteiger partial charge in [0.2, 0.25) is 0 Å². The molecule has 0 radical (unpaired) electrons. The van der Waals surface area contributed by atoms with Crippen molar-refractivity contribution < 1.29 is 0 Å². The number of nitrogens with two attached hydrogens (primary N) is 1. The van der Waals surface area contributed by atoms with Gasteiger partial charge in [0, 0.05) is 6.54 Å². The zero-order valence-electron chi connectivity index (χ0n) is 12.2. The number of benzene rings is 3. The molecule has 1 nitrogen and oxygen atoms in total. The van der Waals surface area contributed by atoms with Crippen LogP contribution in [0, 0.1) is 6.92 Å². The normalized spacial score (nSPS) is 10.6. The third kappa shape index (κ3) is 2.88. The van der Waals surface area contributed by atoms with Crippen molar-refractivity contribution in [3.63, 3.8) is 0 Å². The Balaban J connectivity index is 1.98. The summed E-state index contributed by atoms with van der Waals surface area (Å²) in [7, 11) is 0. The van der Waals surface area contributed by atoms with Crippen LogP contribution in [0.25, 0.3) is 22.3 Å². The van der Waals surface area contributed by atoms with E-state index in [2.05, 4.69) is 73.7 Å². The molecule has 0 bridgehead atoms. The van der Waals surface area contributed by atoms with Gasteiger partial charge in [-0.1, -0.05) is 66.7 Å². The first-order valence-electron chi connectivity index (χ1n) is 7.23. The van der Waals surface area contributed by atoms with Crippen molar-refractivity contribution in [2.24, 2.45) is 5.73 Å². The Hall–Kier alpha value is -2.38. The molecule has 3 aromatic carbocycles. The van der Waals surface area contributed by atoms with Crippen LogP contribution in [0.2, 0.25) is 0 Å². The average molecular weight is 273 g/mol. The van der Waals surface area contributed by atoms with Gasteiger partial charge < -0.3 is 5.73 Å². The van der Waals surface area contributed by atoms with Crippen LogP contribution < -0.4 is 5.73 Å². The van der Waals surface area contributed by atoms with Gasteiger partial charge in [0.1, 0.15) is 0 Å². The Kier molecular flexibility index (Phi) is 3.85. The van der Waals surface area contributed by atoms with E-state index in [1.54, 1.807) is 0 Å². The minimum Gasteiger partial charge on any atom is -0.326 e. The second-order valence-electron chi connectivity index (χ2n) is 5.30. The number of hydrogen-bond acceptors (Lipinski definition) is 1. The van der Waals surface area contributed by atoms with Crippen LogP contribution in [0.15, 0.2) is 72.8 Å². The molecule has 0 aliphatic rings. The molecule has 0 aliphatic heterocycles. The van der Waals surface area contributed by atoms with E-state index >= 15 is 0 Å². The van der Waals surface area contributed by atoms with Gasteiger partial charge >= 0.3 is 0 Å². The number of aryl methyl sites for hydroxylation is 1. The fourth-order valence-electron chi connectivity index (χ4n) is 2.58. The fraction of sp³-hybridized carbons (Fsp3) is 0.100. The van der Waals surface area contributed by atoms with E-state index in [1.807, 2.05) is 6.07 Å². The van der Waals surface area contributed by atoms with Crippen molar-refractivity contribution in [1.29, 1.82) is 0 Å². The Bertz CT molecular complexity index is 728. The summed E-state index contributed by atoms with van der Waals surface area (Å²) in [5.74, 6) is 0. The lowest BCUT2D eigenvalue weighted by molar-refractivity contribution is 1.07. The topological polar surface area (TPSA) is 26.0 Å². The molecule has 0 unspecified atom stereocenters. The van der Waals surface area contributed by atoms with E-state index in [4.69, 9.17) is 5.73 Å². The highest BCUT2D eigenvalue weighted by molar-refractivity contribution is 5.72. The molecular weight excluding hydrogens is 254 g/mol. The molecule has 0 heterocycles. The minimum atomic E-state index is 0.579. The zero-order valence-corrected chi connectivity index (χ0v) is 12.2. The molecular formula is C20H19N. The van der Waals surface area contributed by atoms with Gasteiger partial charge in [-0.25, -0.2) is 0 Å². The van der Waals surface area contributed by atoms with Gasteiger partial charge in [-0.3, -0.25) is 0 Å². The lowest BCUT2D eigenvalue weighted by Gasteiger charge is -2.09. The summed E-state index contributed by atoms with van der Waals surface area (Å²) in [5, 5.41) is 0. The maximum Gasteiger partial charge on any atom is 0.0178 e. The van der Waals surface area contributed by atoms with Crippen LogP contribution in [0.3, 0.4) is 0 Å². The molecule has 104 valence electrons. The summed E-state index contributed by atoms with van der Waals surface area (Å²) in [6.07, 6.45) is 0. The van der Waals surface area contributed by atoms with Crippen molar-refractivity contribution in [3.8, 4) is 22.3 Å². The molecule has 0 spiro atoms. The van der Waals surface area contributed by atoms with Crippen LogP contribution in [-0.2, 0) is 6.54 Å². The lowest BCUT2D eigenvalue weighted by atomic mass is 9.96. The van der Waals surface area contributed by atoms with Gasteiger partial charge in [0.15, 0.2) is 0 Å². The summed E-state index contributed by atoms with van der Waals surface area (Å²) in [5.41, 5.74) is 13.2. The van der Waals surface area contributed by atoms with Crippen molar-refractivity contribution in [1.82, 2.24) is 0 Å². The van der Waals surface area contributed by atoms with E-state index in [9.17, 15) is 0 Å². The van der Waals surface area contributed by atoms with Crippen molar-refractivity contribution >= 4 is 0 Å². The molecule has 0 aliphatic carbocycles. The highest BCUT2D eigenvalue weighted by atomic mass is 14.5. The van der Waals surface area contributed by atoms with Crippen molar-refractivity contribution in [3.05, 3.63) is 83.9 Å². The monoisotopic (exact) mass is 273 g/mol. The summed E-state index contributed by atoms with van der Waals surface area (Å²) in [6, 6.07) is 25.6. The van der Waals surface area contributed by atoms with Crippen LogP contribution in [0.4, 0.5) is 0 Å². The van der Waals surface area contributed by atoms with Crippen molar-refractivity contribution in [2.45, 2.75) is 13.5 Å². The van der Waals surface area contributed by atoms with Crippen LogP contribution in [0.5, 0.6) is 0 Å². The largest absolute Gasteiger partial charge is 0.326 e. The van der Waals surface area contributed by atoms with E-state index in [1.165, 1.54) is 33.4 Å². The van der Waals surface area contributed by atoms with Gasteiger partial charge in [0.25, 0.3) is 0 Å². The first kappa shape index (κ1) is 13.6. The van der Waals surface area contributed by atoms with Gasteiger partial charge in [0.05, 0.1) is 0 Å². The predicted molar refractivity (Wildman–Crippen MR) is 89.9 cm³/mol. The molecule has 0 amide bonds. The highest BCUT2D eigenvalue weighted by Crippen LogP contribution is 2.27. The minimum absolute atomic E-state index is 0.579. The average Bonchev–Trinajstić information content (AvgIpc) is 2.56. The molecule has 0 saturated carbocycles. The second kappa shape index (κ2) is 5.94. The molecule has 3 rings (SSSR count). The third-order valence-electron chi connectivity index (χ3n) is 3.84. The van der Waals surface area contributed by atoms with Gasteiger partial charge in [-0.2, -0.15) is 0 Å². The van der Waals surface area contributed by atoms with Gasteiger partial charge in [-0.05, 0) is 46.4 Å². The smallest absolute Gasteiger partial charge is 0.0178 e. The van der Waals surface area contributed by atoms with E-state index in [0.29, 0.717) is 6.54 Å². The number of rotatable bonds is 3. The predicted octanol–water partition coefficient (Wildman–Crippen LogP) is 4.79. The highest BCUT2D eigenvalue weighted by Gasteiger charge is 2.04. The quantitative estimate of drug-likeness (QED) is 0.729. The summed E-state index contributed by atoms with van der Waals surface area (Å²) >= 11 is 0. The maximum absolute atomic E-state index is 5.75. The molecule has 0 saturated heterocycles. The van der Waals surface area contributed by atoms with E-state index in [-0.39, 0.29) is 0 Å². The fourth-order valence-corrected chi connectivity index (χ4v) is 2.58. The summed E-state index contributed by atoms with van der Waals surface area (Å²) in [6.45, 7) is 2.72. The standard InChI is InChI=1S/C20H19N/c1-15-7-8-16(14-21)13-20(15)19-11-9-18(10-12-19)17-5-3-2-4-6-17/h2-13H,14,21H2,1H3. The Labute approximate surface area is 126 Å². The molecule has 0 atom stereocenters. The Morgan fingerprint density at radius 3 is 2.00 bits per heavy atom.